The number of unbranched alkanes of at least 4 members (excludes halogenated alkanes) is 1. The number of hydrogen-bond donors (Lipinski definition) is 2. The number of carboxylic acid groups (broad SMARTS) is 1. The minimum Gasteiger partial charge on any atom is -0.481 e. The highest BCUT2D eigenvalue weighted by Gasteiger charge is 2.06. The fourth-order valence-corrected chi connectivity index (χ4v) is 0.823. The molecule has 0 fully saturated rings. The second kappa shape index (κ2) is 6.85. The van der Waals surface area contributed by atoms with E-state index in [-0.39, 0.29) is 6.42 Å². The van der Waals surface area contributed by atoms with E-state index in [0.717, 1.165) is 12.8 Å². The average molecular weight is 172 g/mol. The molecule has 0 aromatic rings. The van der Waals surface area contributed by atoms with E-state index in [4.69, 9.17) is 10.2 Å². The molecule has 0 saturated carbocycles. The Morgan fingerprint density at radius 3 is 2.67 bits per heavy atom. The summed E-state index contributed by atoms with van der Waals surface area (Å²) in [7, 11) is 0. The molecule has 0 aliphatic rings. The van der Waals surface area contributed by atoms with E-state index < -0.39 is 12.1 Å². The molecule has 1 unspecified atom stereocenters. The van der Waals surface area contributed by atoms with Gasteiger partial charge in [-0.2, -0.15) is 0 Å². The molecular formula is C9H16O3. The zero-order chi connectivity index (χ0) is 9.40. The first kappa shape index (κ1) is 11.2. The Kier molecular flexibility index (Phi) is 6.38. The largest absolute Gasteiger partial charge is 0.481 e. The predicted octanol–water partition coefficient (Wildman–Crippen LogP) is 1.57. The van der Waals surface area contributed by atoms with Crippen molar-refractivity contribution in [1.29, 1.82) is 0 Å². The minimum atomic E-state index is -0.952. The Morgan fingerprint density at radius 2 is 2.17 bits per heavy atom. The molecule has 3 nitrogen and oxygen atoms in total. The lowest BCUT2D eigenvalue weighted by Gasteiger charge is -2.02. The Labute approximate surface area is 72.7 Å². The van der Waals surface area contributed by atoms with Crippen LogP contribution in [-0.2, 0) is 4.79 Å². The molecule has 0 bridgehead atoms. The summed E-state index contributed by atoms with van der Waals surface area (Å²) in [6.07, 6.45) is 5.38. The zero-order valence-corrected chi connectivity index (χ0v) is 7.36. The van der Waals surface area contributed by atoms with Crippen LogP contribution in [0.2, 0.25) is 0 Å². The molecule has 1 atom stereocenters. The number of carboxylic acids is 1. The molecule has 0 heterocycles. The van der Waals surface area contributed by atoms with E-state index in [1.165, 1.54) is 0 Å². The molecule has 0 radical (unpaired) electrons. The fraction of sp³-hybridized carbons (Fsp3) is 0.667. The first-order valence-corrected chi connectivity index (χ1v) is 4.21. The molecule has 2 N–H and O–H groups in total. The van der Waals surface area contributed by atoms with Crippen molar-refractivity contribution in [3.05, 3.63) is 12.2 Å². The second-order valence-electron chi connectivity index (χ2n) is 2.75. The molecular weight excluding hydrogens is 156 g/mol. The zero-order valence-electron chi connectivity index (χ0n) is 7.36. The highest BCUT2D eigenvalue weighted by molar-refractivity contribution is 5.67. The first-order chi connectivity index (χ1) is 5.66. The average Bonchev–Trinajstić information content (AvgIpc) is 1.97. The van der Waals surface area contributed by atoms with E-state index in [0.29, 0.717) is 6.42 Å². The van der Waals surface area contributed by atoms with Gasteiger partial charge in [0.15, 0.2) is 0 Å². The van der Waals surface area contributed by atoms with Gasteiger partial charge in [-0.1, -0.05) is 25.5 Å². The molecule has 0 aliphatic carbocycles. The molecule has 0 saturated heterocycles. The van der Waals surface area contributed by atoms with Crippen molar-refractivity contribution in [3.63, 3.8) is 0 Å². The lowest BCUT2D eigenvalue weighted by molar-refractivity contribution is -0.139. The third kappa shape index (κ3) is 7.28. The van der Waals surface area contributed by atoms with Gasteiger partial charge in [0.2, 0.25) is 0 Å². The van der Waals surface area contributed by atoms with Crippen molar-refractivity contribution in [2.24, 2.45) is 0 Å². The van der Waals surface area contributed by atoms with Gasteiger partial charge in [0.1, 0.15) is 0 Å². The van der Waals surface area contributed by atoms with E-state index in [1.807, 2.05) is 12.2 Å². The smallest absolute Gasteiger partial charge is 0.305 e. The van der Waals surface area contributed by atoms with Crippen molar-refractivity contribution in [1.82, 2.24) is 0 Å². The second-order valence-corrected chi connectivity index (χ2v) is 2.75. The van der Waals surface area contributed by atoms with Crippen LogP contribution in [0.15, 0.2) is 12.2 Å². The Morgan fingerprint density at radius 1 is 1.50 bits per heavy atom. The molecule has 0 aromatic heterocycles. The first-order valence-electron chi connectivity index (χ1n) is 4.21. The summed E-state index contributed by atoms with van der Waals surface area (Å²) in [5, 5.41) is 17.4. The Hall–Kier alpha value is -0.830. The van der Waals surface area contributed by atoms with Crippen molar-refractivity contribution >= 4 is 5.97 Å². The summed E-state index contributed by atoms with van der Waals surface area (Å²) < 4.78 is 0. The van der Waals surface area contributed by atoms with Gasteiger partial charge in [-0.05, 0) is 12.8 Å². The van der Waals surface area contributed by atoms with Crippen LogP contribution in [-0.4, -0.2) is 22.3 Å². The summed E-state index contributed by atoms with van der Waals surface area (Å²) >= 11 is 0. The van der Waals surface area contributed by atoms with Gasteiger partial charge in [-0.3, -0.25) is 4.79 Å². The number of allylic oxidation sites excluding steroid dienone is 1. The molecule has 0 rings (SSSR count). The topological polar surface area (TPSA) is 57.5 Å². The number of rotatable bonds is 6. The van der Waals surface area contributed by atoms with Gasteiger partial charge in [0.05, 0.1) is 12.5 Å². The lowest BCUT2D eigenvalue weighted by Crippen LogP contribution is -2.11. The monoisotopic (exact) mass is 172 g/mol. The van der Waals surface area contributed by atoms with E-state index >= 15 is 0 Å². The van der Waals surface area contributed by atoms with Crippen molar-refractivity contribution < 1.29 is 15.0 Å². The van der Waals surface area contributed by atoms with Crippen molar-refractivity contribution in [2.75, 3.05) is 0 Å². The summed E-state index contributed by atoms with van der Waals surface area (Å²) in [4.78, 5) is 10.1. The number of aliphatic carboxylic acids is 1. The normalized spacial score (nSPS) is 13.5. The van der Waals surface area contributed by atoms with Gasteiger partial charge < -0.3 is 10.2 Å². The molecule has 0 aliphatic heterocycles. The SMILES string of the molecule is CCCC=CCC(O)CC(=O)O. The Balaban J connectivity index is 3.42. The van der Waals surface area contributed by atoms with Gasteiger partial charge in [-0.15, -0.1) is 0 Å². The number of carbonyl (C=O) groups is 1. The van der Waals surface area contributed by atoms with Gasteiger partial charge in [0, 0.05) is 0 Å². The molecule has 0 spiro atoms. The molecule has 12 heavy (non-hydrogen) atoms. The van der Waals surface area contributed by atoms with Gasteiger partial charge >= 0.3 is 5.97 Å². The maximum Gasteiger partial charge on any atom is 0.305 e. The van der Waals surface area contributed by atoms with E-state index in [9.17, 15) is 4.79 Å². The van der Waals surface area contributed by atoms with Crippen LogP contribution in [0.1, 0.15) is 32.6 Å². The van der Waals surface area contributed by atoms with Crippen LogP contribution in [0.3, 0.4) is 0 Å². The number of hydrogen-bond acceptors (Lipinski definition) is 2. The maximum atomic E-state index is 10.1. The molecule has 3 heteroatoms. The van der Waals surface area contributed by atoms with Crippen LogP contribution in [0, 0.1) is 0 Å². The number of aliphatic hydroxyl groups is 1. The van der Waals surface area contributed by atoms with Crippen molar-refractivity contribution in [2.45, 2.75) is 38.7 Å². The van der Waals surface area contributed by atoms with Gasteiger partial charge in [-0.25, -0.2) is 0 Å². The third-order valence-corrected chi connectivity index (χ3v) is 1.44. The lowest BCUT2D eigenvalue weighted by atomic mass is 10.1. The highest BCUT2D eigenvalue weighted by atomic mass is 16.4. The summed E-state index contributed by atoms with van der Waals surface area (Å²) in [6, 6.07) is 0. The van der Waals surface area contributed by atoms with E-state index in [1.54, 1.807) is 0 Å². The minimum absolute atomic E-state index is 0.170. The quantitative estimate of drug-likeness (QED) is 0.598. The summed E-state index contributed by atoms with van der Waals surface area (Å²) in [6.45, 7) is 2.07. The molecule has 0 amide bonds. The fourth-order valence-electron chi connectivity index (χ4n) is 0.823. The van der Waals surface area contributed by atoms with Gasteiger partial charge in [0.25, 0.3) is 0 Å². The van der Waals surface area contributed by atoms with Crippen LogP contribution in [0.5, 0.6) is 0 Å². The summed E-state index contributed by atoms with van der Waals surface area (Å²) in [5.74, 6) is -0.952. The van der Waals surface area contributed by atoms with Crippen molar-refractivity contribution in [3.8, 4) is 0 Å². The standard InChI is InChI=1S/C9H16O3/c1-2-3-4-5-6-8(10)7-9(11)12/h4-5,8,10H,2-3,6-7H2,1H3,(H,11,12). The van der Waals surface area contributed by atoms with Crippen LogP contribution < -0.4 is 0 Å². The molecule has 0 aromatic carbocycles. The Bertz CT molecular complexity index is 152. The van der Waals surface area contributed by atoms with E-state index in [2.05, 4.69) is 6.92 Å². The maximum absolute atomic E-state index is 10.1. The van der Waals surface area contributed by atoms with Crippen LogP contribution in [0.4, 0.5) is 0 Å². The third-order valence-electron chi connectivity index (χ3n) is 1.44. The van der Waals surface area contributed by atoms with Crippen LogP contribution >= 0.6 is 0 Å². The number of aliphatic hydroxyl groups excluding tert-OH is 1. The van der Waals surface area contributed by atoms with Crippen LogP contribution in [0.25, 0.3) is 0 Å². The highest BCUT2D eigenvalue weighted by Crippen LogP contribution is 2.00. The summed E-state index contributed by atoms with van der Waals surface area (Å²) in [5.41, 5.74) is 0. The predicted molar refractivity (Wildman–Crippen MR) is 46.9 cm³/mol. The molecule has 70 valence electrons.